The zero-order chi connectivity index (χ0) is 22.0. The lowest BCUT2D eigenvalue weighted by Crippen LogP contribution is -2.54. The molecule has 2 N–H and O–H groups in total. The molecular formula is C22H25F2N3O4. The van der Waals surface area contributed by atoms with Gasteiger partial charge in [-0.15, -0.1) is 0 Å². The van der Waals surface area contributed by atoms with E-state index in [1.54, 1.807) is 0 Å². The number of aromatic nitrogens is 1. The van der Waals surface area contributed by atoms with E-state index in [2.05, 4.69) is 15.4 Å². The quantitative estimate of drug-likeness (QED) is 0.726. The predicted octanol–water partition coefficient (Wildman–Crippen LogP) is 3.31. The Labute approximate surface area is 178 Å². The lowest BCUT2D eigenvalue weighted by molar-refractivity contribution is -0.144. The number of carboxylic acid groups (broad SMARTS) is 1. The Kier molecular flexibility index (Phi) is 6.31. The second-order valence-electron chi connectivity index (χ2n) is 8.42. The lowest BCUT2D eigenvalue weighted by atomic mass is 9.91. The zero-order valence-electron chi connectivity index (χ0n) is 17.0. The first-order valence-electron chi connectivity index (χ1n) is 10.6. The van der Waals surface area contributed by atoms with Gasteiger partial charge in [0.05, 0.1) is 11.5 Å². The molecule has 0 spiro atoms. The van der Waals surface area contributed by atoms with Crippen LogP contribution in [0.4, 0.5) is 8.78 Å². The van der Waals surface area contributed by atoms with Gasteiger partial charge < -0.3 is 19.8 Å². The van der Waals surface area contributed by atoms with E-state index in [0.29, 0.717) is 24.9 Å². The summed E-state index contributed by atoms with van der Waals surface area (Å²) in [5.74, 6) is -3.19. The fraction of sp³-hybridized carbons (Fsp3) is 0.500. The summed E-state index contributed by atoms with van der Waals surface area (Å²) in [5, 5.41) is 16.1. The summed E-state index contributed by atoms with van der Waals surface area (Å²) in [6.45, 7) is 2.01. The van der Waals surface area contributed by atoms with E-state index >= 15 is 0 Å². The van der Waals surface area contributed by atoms with Crippen molar-refractivity contribution in [2.24, 2.45) is 11.8 Å². The Hall–Kier alpha value is -2.81. The summed E-state index contributed by atoms with van der Waals surface area (Å²) in [7, 11) is 0. The van der Waals surface area contributed by atoms with Crippen molar-refractivity contribution in [1.29, 1.82) is 0 Å². The minimum absolute atomic E-state index is 0.0104. The van der Waals surface area contributed by atoms with Gasteiger partial charge in [0.25, 0.3) is 5.91 Å². The fourth-order valence-electron chi connectivity index (χ4n) is 4.61. The van der Waals surface area contributed by atoms with Crippen molar-refractivity contribution in [3.05, 3.63) is 41.6 Å². The molecule has 2 heterocycles. The van der Waals surface area contributed by atoms with Crippen molar-refractivity contribution in [2.45, 2.75) is 38.1 Å². The van der Waals surface area contributed by atoms with Gasteiger partial charge in [0.15, 0.2) is 11.5 Å². The fourth-order valence-corrected chi connectivity index (χ4v) is 4.61. The van der Waals surface area contributed by atoms with Gasteiger partial charge in [0.2, 0.25) is 0 Å². The highest BCUT2D eigenvalue weighted by Gasteiger charge is 2.36. The Bertz CT molecular complexity index is 958. The lowest BCUT2D eigenvalue weighted by Gasteiger charge is -2.37. The third-order valence-corrected chi connectivity index (χ3v) is 6.26. The van der Waals surface area contributed by atoms with E-state index in [9.17, 15) is 23.5 Å². The normalized spacial score (nSPS) is 22.5. The number of hydrogen-bond donors (Lipinski definition) is 2. The number of likely N-dealkylation sites (tertiary alicyclic amines) is 1. The standard InChI is InChI=1S/C22H25F2N3O4/c23-14-5-6-15(17(24)9-14)20-10-19(26-31-20)21(28)25-18-7-8-27(12-16(18)22(29)30)11-13-3-1-2-4-13/h5-6,9-10,13,16,18H,1-4,7-8,11-12H2,(H,25,28)(H,29,30). The monoisotopic (exact) mass is 433 g/mol. The molecule has 1 aromatic heterocycles. The number of carboxylic acids is 1. The number of amides is 1. The molecule has 0 bridgehead atoms. The Morgan fingerprint density at radius 2 is 1.97 bits per heavy atom. The molecule has 1 aliphatic heterocycles. The van der Waals surface area contributed by atoms with E-state index in [4.69, 9.17) is 4.52 Å². The smallest absolute Gasteiger partial charge is 0.309 e. The number of halogens is 2. The van der Waals surface area contributed by atoms with Gasteiger partial charge in [-0.05, 0) is 37.3 Å². The summed E-state index contributed by atoms with van der Waals surface area (Å²) in [4.78, 5) is 26.6. The summed E-state index contributed by atoms with van der Waals surface area (Å²) in [6, 6.07) is 3.73. The number of carbonyl (C=O) groups excluding carboxylic acids is 1. The number of carbonyl (C=O) groups is 2. The van der Waals surface area contributed by atoms with Crippen LogP contribution in [0.5, 0.6) is 0 Å². The Morgan fingerprint density at radius 3 is 2.68 bits per heavy atom. The number of nitrogens with zero attached hydrogens (tertiary/aromatic N) is 2. The first-order valence-corrected chi connectivity index (χ1v) is 10.6. The third kappa shape index (κ3) is 4.92. The molecule has 1 aliphatic carbocycles. The van der Waals surface area contributed by atoms with Crippen molar-refractivity contribution in [3.8, 4) is 11.3 Å². The molecule has 9 heteroatoms. The molecule has 166 valence electrons. The predicted molar refractivity (Wildman–Crippen MR) is 107 cm³/mol. The van der Waals surface area contributed by atoms with Crippen LogP contribution in [-0.4, -0.2) is 52.7 Å². The van der Waals surface area contributed by atoms with E-state index in [-0.39, 0.29) is 17.0 Å². The maximum Gasteiger partial charge on any atom is 0.309 e. The van der Waals surface area contributed by atoms with Gasteiger partial charge in [0.1, 0.15) is 11.6 Å². The number of piperidine rings is 1. The maximum atomic E-state index is 13.9. The van der Waals surface area contributed by atoms with Crippen LogP contribution in [0, 0.1) is 23.5 Å². The van der Waals surface area contributed by atoms with Gasteiger partial charge in [-0.2, -0.15) is 0 Å². The van der Waals surface area contributed by atoms with Crippen LogP contribution in [0.25, 0.3) is 11.3 Å². The van der Waals surface area contributed by atoms with E-state index in [1.165, 1.54) is 37.8 Å². The van der Waals surface area contributed by atoms with Crippen LogP contribution >= 0.6 is 0 Å². The summed E-state index contributed by atoms with van der Waals surface area (Å²) in [5.41, 5.74) is -0.104. The second-order valence-corrected chi connectivity index (χ2v) is 8.42. The molecule has 0 radical (unpaired) electrons. The van der Waals surface area contributed by atoms with Crippen LogP contribution in [0.15, 0.2) is 28.8 Å². The van der Waals surface area contributed by atoms with E-state index < -0.39 is 35.5 Å². The van der Waals surface area contributed by atoms with Crippen LogP contribution in [0.1, 0.15) is 42.6 Å². The summed E-state index contributed by atoms with van der Waals surface area (Å²) in [6.07, 6.45) is 5.38. The van der Waals surface area contributed by atoms with Gasteiger partial charge in [-0.3, -0.25) is 9.59 Å². The minimum atomic E-state index is -0.948. The highest BCUT2D eigenvalue weighted by atomic mass is 19.1. The van der Waals surface area contributed by atoms with Gasteiger partial charge in [-0.25, -0.2) is 8.78 Å². The summed E-state index contributed by atoms with van der Waals surface area (Å²) >= 11 is 0. The number of rotatable bonds is 6. The van der Waals surface area contributed by atoms with Crippen LogP contribution in [-0.2, 0) is 4.79 Å². The van der Waals surface area contributed by atoms with Crippen molar-refractivity contribution in [2.75, 3.05) is 19.6 Å². The molecule has 7 nitrogen and oxygen atoms in total. The Balaban J connectivity index is 1.40. The minimum Gasteiger partial charge on any atom is -0.481 e. The van der Waals surface area contributed by atoms with Crippen molar-refractivity contribution < 1.29 is 28.0 Å². The molecule has 2 fully saturated rings. The third-order valence-electron chi connectivity index (χ3n) is 6.26. The van der Waals surface area contributed by atoms with Gasteiger partial charge >= 0.3 is 5.97 Å². The molecule has 1 saturated carbocycles. The largest absolute Gasteiger partial charge is 0.481 e. The van der Waals surface area contributed by atoms with Crippen molar-refractivity contribution >= 4 is 11.9 Å². The molecule has 31 heavy (non-hydrogen) atoms. The molecule has 2 atom stereocenters. The van der Waals surface area contributed by atoms with Gasteiger partial charge in [-0.1, -0.05) is 18.0 Å². The van der Waals surface area contributed by atoms with Crippen LogP contribution in [0.3, 0.4) is 0 Å². The highest BCUT2D eigenvalue weighted by molar-refractivity contribution is 5.93. The maximum absolute atomic E-state index is 13.9. The molecule has 4 rings (SSSR count). The molecule has 2 aliphatic rings. The van der Waals surface area contributed by atoms with Crippen molar-refractivity contribution in [3.63, 3.8) is 0 Å². The molecule has 1 saturated heterocycles. The molecule has 1 amide bonds. The number of nitrogens with one attached hydrogen (secondary N) is 1. The van der Waals surface area contributed by atoms with Crippen LogP contribution < -0.4 is 5.32 Å². The topological polar surface area (TPSA) is 95.7 Å². The molecular weight excluding hydrogens is 408 g/mol. The SMILES string of the molecule is O=C(NC1CCN(CC2CCCC2)CC1C(=O)O)c1cc(-c2ccc(F)cc2F)on1. The molecule has 2 unspecified atom stereocenters. The van der Waals surface area contributed by atoms with Crippen molar-refractivity contribution in [1.82, 2.24) is 15.4 Å². The number of hydrogen-bond acceptors (Lipinski definition) is 5. The van der Waals surface area contributed by atoms with Crippen LogP contribution in [0.2, 0.25) is 0 Å². The number of aliphatic carboxylic acids is 1. The second kappa shape index (κ2) is 9.13. The van der Waals surface area contributed by atoms with E-state index in [0.717, 1.165) is 19.2 Å². The first-order chi connectivity index (χ1) is 14.9. The zero-order valence-corrected chi connectivity index (χ0v) is 17.0. The average molecular weight is 433 g/mol. The molecule has 1 aromatic carbocycles. The summed E-state index contributed by atoms with van der Waals surface area (Å²) < 4.78 is 32.1. The Morgan fingerprint density at radius 1 is 1.19 bits per heavy atom. The number of benzene rings is 1. The average Bonchev–Trinajstić information content (AvgIpc) is 3.41. The van der Waals surface area contributed by atoms with E-state index in [1.807, 2.05) is 0 Å². The molecule has 2 aromatic rings. The highest BCUT2D eigenvalue weighted by Crippen LogP contribution is 2.28. The van der Waals surface area contributed by atoms with Gasteiger partial charge in [0, 0.05) is 37.8 Å². The first kappa shape index (κ1) is 21.4.